The van der Waals surface area contributed by atoms with Crippen molar-refractivity contribution in [3.8, 4) is 11.8 Å². The Bertz CT molecular complexity index is 748. The van der Waals surface area contributed by atoms with Gasteiger partial charge in [-0.3, -0.25) is 4.90 Å². The number of rotatable bonds is 5. The van der Waals surface area contributed by atoms with Gasteiger partial charge in [-0.1, -0.05) is 19.1 Å². The van der Waals surface area contributed by atoms with Crippen LogP contribution in [-0.4, -0.2) is 39.2 Å². The molecule has 5 nitrogen and oxygen atoms in total. The van der Waals surface area contributed by atoms with E-state index < -0.39 is 11.6 Å². The van der Waals surface area contributed by atoms with E-state index in [0.29, 0.717) is 13.0 Å². The van der Waals surface area contributed by atoms with Gasteiger partial charge in [0.15, 0.2) is 0 Å². The van der Waals surface area contributed by atoms with Crippen molar-refractivity contribution in [2.45, 2.75) is 45.8 Å². The lowest BCUT2D eigenvalue weighted by atomic mass is 9.72. The van der Waals surface area contributed by atoms with Gasteiger partial charge >= 0.3 is 0 Å². The Balaban J connectivity index is 1.63. The highest BCUT2D eigenvalue weighted by Crippen LogP contribution is 2.40. The summed E-state index contributed by atoms with van der Waals surface area (Å²) < 4.78 is 14.7. The first-order valence-corrected chi connectivity index (χ1v) is 8.78. The summed E-state index contributed by atoms with van der Waals surface area (Å²) in [4.78, 5) is 3.75. The van der Waals surface area contributed by atoms with Crippen LogP contribution in [0.1, 0.15) is 37.4 Å². The third-order valence-corrected chi connectivity index (χ3v) is 5.32. The molecule has 0 N–H and O–H groups in total. The number of piperidine rings is 1. The van der Waals surface area contributed by atoms with Crippen molar-refractivity contribution in [1.82, 2.24) is 19.9 Å². The Morgan fingerprint density at radius 1 is 1.36 bits per heavy atom. The molecule has 1 aliphatic heterocycles. The number of halogens is 1. The second-order valence-corrected chi connectivity index (χ2v) is 6.95. The number of likely N-dealkylation sites (tertiary alicyclic amines) is 1. The van der Waals surface area contributed by atoms with E-state index in [1.807, 2.05) is 38.1 Å². The zero-order valence-corrected chi connectivity index (χ0v) is 14.8. The molecule has 6 heteroatoms. The van der Waals surface area contributed by atoms with Gasteiger partial charge in [0.25, 0.3) is 0 Å². The molecule has 0 bridgehead atoms. The summed E-state index contributed by atoms with van der Waals surface area (Å²) in [6.07, 6.45) is 2.56. The topological polar surface area (TPSA) is 57.7 Å². The highest BCUT2D eigenvalue weighted by molar-refractivity contribution is 5.32. The summed E-state index contributed by atoms with van der Waals surface area (Å²) in [6, 6.07) is 10.2. The van der Waals surface area contributed by atoms with Crippen LogP contribution >= 0.6 is 0 Å². The maximum atomic E-state index is 14.7. The number of nitriles is 1. The van der Waals surface area contributed by atoms with Crippen molar-refractivity contribution in [1.29, 1.82) is 5.26 Å². The van der Waals surface area contributed by atoms with Crippen molar-refractivity contribution in [2.75, 3.05) is 13.1 Å². The maximum absolute atomic E-state index is 14.7. The van der Waals surface area contributed by atoms with Gasteiger partial charge in [0.2, 0.25) is 0 Å². The fourth-order valence-electron chi connectivity index (χ4n) is 3.53. The molecule has 2 aromatic rings. The molecule has 0 amide bonds. The number of alkyl halides is 1. The molecular formula is C19H24FN5. The number of aromatic nitrogens is 3. The predicted molar refractivity (Wildman–Crippen MR) is 93.8 cm³/mol. The normalized spacial score (nSPS) is 24.2. The standard InChI is InChI=1S/C19H24FN5/c1-3-19(8-10-21)9-11-24(14-18(19)20)13-16-4-6-17(7-5-16)25-22-12-15(2)23-25/h4-7,12,18H,3,8-9,11,13-14H2,1-2H3. The van der Waals surface area contributed by atoms with E-state index in [2.05, 4.69) is 21.2 Å². The number of nitrogens with zero attached hydrogens (tertiary/aromatic N) is 5. The van der Waals surface area contributed by atoms with E-state index in [4.69, 9.17) is 5.26 Å². The van der Waals surface area contributed by atoms with Crippen LogP contribution in [-0.2, 0) is 6.54 Å². The molecule has 132 valence electrons. The summed E-state index contributed by atoms with van der Waals surface area (Å²) in [5, 5.41) is 17.5. The van der Waals surface area contributed by atoms with E-state index in [1.54, 1.807) is 11.0 Å². The van der Waals surface area contributed by atoms with Crippen LogP contribution in [0.3, 0.4) is 0 Å². The minimum Gasteiger partial charge on any atom is -0.296 e. The molecule has 3 rings (SSSR count). The molecule has 0 aliphatic carbocycles. The molecule has 0 radical (unpaired) electrons. The number of hydrogen-bond acceptors (Lipinski definition) is 4. The molecule has 1 aromatic heterocycles. The average Bonchev–Trinajstić information content (AvgIpc) is 3.05. The molecule has 1 fully saturated rings. The molecular weight excluding hydrogens is 317 g/mol. The predicted octanol–water partition coefficient (Wildman–Crippen LogP) is 3.43. The smallest absolute Gasteiger partial charge is 0.119 e. The van der Waals surface area contributed by atoms with Gasteiger partial charge in [0.05, 0.1) is 23.6 Å². The van der Waals surface area contributed by atoms with Gasteiger partial charge in [-0.15, -0.1) is 0 Å². The zero-order chi connectivity index (χ0) is 17.9. The molecule has 1 aliphatic rings. The summed E-state index contributed by atoms with van der Waals surface area (Å²) in [5.74, 6) is 0. The van der Waals surface area contributed by atoms with Crippen LogP contribution in [0, 0.1) is 23.7 Å². The number of hydrogen-bond donors (Lipinski definition) is 0. The van der Waals surface area contributed by atoms with Gasteiger partial charge in [-0.05, 0) is 44.0 Å². The fourth-order valence-corrected chi connectivity index (χ4v) is 3.53. The van der Waals surface area contributed by atoms with E-state index in [0.717, 1.165) is 42.9 Å². The van der Waals surface area contributed by atoms with Crippen LogP contribution in [0.15, 0.2) is 30.5 Å². The molecule has 2 unspecified atom stereocenters. The first-order chi connectivity index (χ1) is 12.1. The van der Waals surface area contributed by atoms with Gasteiger partial charge in [-0.25, -0.2) is 4.39 Å². The molecule has 1 saturated heterocycles. The van der Waals surface area contributed by atoms with E-state index in [1.165, 1.54) is 0 Å². The SMILES string of the molecule is CCC1(CC#N)CCN(Cc2ccc(-n3ncc(C)n3)cc2)CC1F. The van der Waals surface area contributed by atoms with Crippen LogP contribution < -0.4 is 0 Å². The Labute approximate surface area is 148 Å². The van der Waals surface area contributed by atoms with Gasteiger partial charge < -0.3 is 0 Å². The van der Waals surface area contributed by atoms with E-state index >= 15 is 0 Å². The summed E-state index contributed by atoms with van der Waals surface area (Å²) in [5.41, 5.74) is 2.48. The third-order valence-electron chi connectivity index (χ3n) is 5.32. The average molecular weight is 341 g/mol. The van der Waals surface area contributed by atoms with Crippen molar-refractivity contribution < 1.29 is 4.39 Å². The van der Waals surface area contributed by atoms with Crippen LogP contribution in [0.5, 0.6) is 0 Å². The first kappa shape index (κ1) is 17.6. The zero-order valence-electron chi connectivity index (χ0n) is 14.8. The highest BCUT2D eigenvalue weighted by atomic mass is 19.1. The largest absolute Gasteiger partial charge is 0.296 e. The van der Waals surface area contributed by atoms with E-state index in [9.17, 15) is 4.39 Å². The van der Waals surface area contributed by atoms with Crippen LogP contribution in [0.25, 0.3) is 5.69 Å². The second kappa shape index (κ2) is 7.32. The molecule has 1 aromatic carbocycles. The Morgan fingerprint density at radius 3 is 2.68 bits per heavy atom. The highest BCUT2D eigenvalue weighted by Gasteiger charge is 2.41. The van der Waals surface area contributed by atoms with Crippen molar-refractivity contribution in [3.63, 3.8) is 0 Å². The lowest BCUT2D eigenvalue weighted by Crippen LogP contribution is -2.48. The molecule has 25 heavy (non-hydrogen) atoms. The van der Waals surface area contributed by atoms with Crippen LogP contribution in [0.2, 0.25) is 0 Å². The summed E-state index contributed by atoms with van der Waals surface area (Å²) in [6.45, 7) is 5.85. The minimum absolute atomic E-state index is 0.309. The quantitative estimate of drug-likeness (QED) is 0.836. The fraction of sp³-hybridized carbons (Fsp3) is 0.526. The summed E-state index contributed by atoms with van der Waals surface area (Å²) in [7, 11) is 0. The van der Waals surface area contributed by atoms with Gasteiger partial charge in [-0.2, -0.15) is 20.3 Å². The second-order valence-electron chi connectivity index (χ2n) is 6.95. The van der Waals surface area contributed by atoms with E-state index in [-0.39, 0.29) is 0 Å². The van der Waals surface area contributed by atoms with Crippen molar-refractivity contribution in [3.05, 3.63) is 41.7 Å². The van der Waals surface area contributed by atoms with Crippen molar-refractivity contribution >= 4 is 0 Å². The molecule has 0 saturated carbocycles. The lowest BCUT2D eigenvalue weighted by Gasteiger charge is -2.42. The number of benzene rings is 1. The molecule has 0 spiro atoms. The number of aryl methyl sites for hydroxylation is 1. The molecule has 2 atom stereocenters. The minimum atomic E-state index is -0.943. The Morgan fingerprint density at radius 2 is 2.12 bits per heavy atom. The molecule has 2 heterocycles. The maximum Gasteiger partial charge on any atom is 0.119 e. The van der Waals surface area contributed by atoms with Crippen molar-refractivity contribution in [2.24, 2.45) is 5.41 Å². The Kier molecular flexibility index (Phi) is 5.14. The third kappa shape index (κ3) is 3.72. The van der Waals surface area contributed by atoms with Gasteiger partial charge in [0.1, 0.15) is 6.17 Å². The Hall–Kier alpha value is -2.26. The lowest BCUT2D eigenvalue weighted by molar-refractivity contribution is 0.00335. The first-order valence-electron chi connectivity index (χ1n) is 8.78. The van der Waals surface area contributed by atoms with Crippen LogP contribution in [0.4, 0.5) is 4.39 Å². The monoisotopic (exact) mass is 341 g/mol. The van der Waals surface area contributed by atoms with Gasteiger partial charge in [0, 0.05) is 24.9 Å². The summed E-state index contributed by atoms with van der Waals surface area (Å²) >= 11 is 0.